The van der Waals surface area contributed by atoms with Crippen LogP contribution < -0.4 is 5.32 Å². The van der Waals surface area contributed by atoms with Gasteiger partial charge in [0.25, 0.3) is 15.9 Å². The van der Waals surface area contributed by atoms with Crippen LogP contribution in [0.25, 0.3) is 0 Å². The molecule has 9 heteroatoms. The van der Waals surface area contributed by atoms with Crippen molar-refractivity contribution in [1.29, 1.82) is 0 Å². The number of ether oxygens (including phenoxy) is 1. The highest BCUT2D eigenvalue weighted by Crippen LogP contribution is 2.16. The van der Waals surface area contributed by atoms with E-state index in [1.54, 1.807) is 0 Å². The second kappa shape index (κ2) is 8.76. The summed E-state index contributed by atoms with van der Waals surface area (Å²) < 4.78 is 29.8. The third-order valence-electron chi connectivity index (χ3n) is 3.01. The minimum absolute atomic E-state index is 0.0252. The molecular formula is C15H22N2O6S. The van der Waals surface area contributed by atoms with Gasteiger partial charge in [-0.25, -0.2) is 13.2 Å². The van der Waals surface area contributed by atoms with Crippen LogP contribution >= 0.6 is 0 Å². The number of nitrogens with one attached hydrogen (secondary N) is 1. The van der Waals surface area contributed by atoms with Crippen molar-refractivity contribution in [3.8, 4) is 0 Å². The minimum Gasteiger partial charge on any atom is -0.452 e. The Morgan fingerprint density at radius 2 is 1.96 bits per heavy atom. The summed E-state index contributed by atoms with van der Waals surface area (Å²) in [7, 11) is -1.42. The Morgan fingerprint density at radius 3 is 2.54 bits per heavy atom. The topological polar surface area (TPSA) is 102 Å². The molecule has 0 saturated carbocycles. The molecule has 0 fully saturated rings. The third kappa shape index (κ3) is 5.59. The lowest BCUT2D eigenvalue weighted by Crippen LogP contribution is -2.31. The van der Waals surface area contributed by atoms with Crippen LogP contribution in [0.2, 0.25) is 0 Å². The maximum Gasteiger partial charge on any atom is 0.338 e. The first kappa shape index (κ1) is 20.1. The van der Waals surface area contributed by atoms with E-state index in [1.165, 1.54) is 38.4 Å². The van der Waals surface area contributed by atoms with Gasteiger partial charge in [-0.2, -0.15) is 0 Å². The Hall–Kier alpha value is -1.97. The minimum atomic E-state index is -3.87. The molecule has 134 valence electrons. The molecule has 0 aliphatic heterocycles. The lowest BCUT2D eigenvalue weighted by Gasteiger charge is -2.14. The van der Waals surface area contributed by atoms with Gasteiger partial charge in [-0.15, -0.1) is 0 Å². The van der Waals surface area contributed by atoms with Gasteiger partial charge in [0.05, 0.1) is 17.6 Å². The second-order valence-electron chi connectivity index (χ2n) is 5.40. The molecular weight excluding hydrogens is 336 g/mol. The Labute approximate surface area is 141 Å². The van der Waals surface area contributed by atoms with Gasteiger partial charge in [0, 0.05) is 13.6 Å². The molecule has 0 aliphatic rings. The third-order valence-corrected chi connectivity index (χ3v) is 4.68. The summed E-state index contributed by atoms with van der Waals surface area (Å²) in [6.45, 7) is 3.93. The van der Waals surface area contributed by atoms with Gasteiger partial charge in [-0.05, 0) is 24.1 Å². The molecule has 0 bridgehead atoms. The molecule has 1 aromatic rings. The maximum atomic E-state index is 12.1. The normalized spacial score (nSPS) is 11.6. The monoisotopic (exact) mass is 358 g/mol. The summed E-state index contributed by atoms with van der Waals surface area (Å²) >= 11 is 0. The van der Waals surface area contributed by atoms with Crippen molar-refractivity contribution in [2.45, 2.75) is 18.7 Å². The number of benzene rings is 1. The molecule has 1 amide bonds. The fourth-order valence-corrected chi connectivity index (χ4v) is 2.63. The number of amides is 1. The molecule has 0 saturated heterocycles. The fourth-order valence-electron chi connectivity index (χ4n) is 1.61. The molecule has 0 heterocycles. The number of esters is 1. The van der Waals surface area contributed by atoms with E-state index in [2.05, 4.69) is 10.2 Å². The number of nitrogens with zero attached hydrogens (tertiary/aromatic N) is 1. The summed E-state index contributed by atoms with van der Waals surface area (Å²) in [5, 5.41) is 2.61. The van der Waals surface area contributed by atoms with Gasteiger partial charge < -0.3 is 10.1 Å². The summed E-state index contributed by atoms with van der Waals surface area (Å²) in [5.41, 5.74) is 0.0252. The van der Waals surface area contributed by atoms with E-state index in [0.29, 0.717) is 11.0 Å². The Kier molecular flexibility index (Phi) is 7.33. The molecule has 0 spiro atoms. The zero-order valence-electron chi connectivity index (χ0n) is 14.1. The maximum absolute atomic E-state index is 12.1. The zero-order valence-corrected chi connectivity index (χ0v) is 14.9. The van der Waals surface area contributed by atoms with Crippen molar-refractivity contribution >= 4 is 21.9 Å². The summed E-state index contributed by atoms with van der Waals surface area (Å²) in [4.78, 5) is 28.0. The molecule has 0 atom stereocenters. The molecule has 0 aromatic heterocycles. The number of carbonyl (C=O) groups is 2. The molecule has 8 nitrogen and oxygen atoms in total. The van der Waals surface area contributed by atoms with Gasteiger partial charge in [-0.1, -0.05) is 24.4 Å². The largest absolute Gasteiger partial charge is 0.452 e. The van der Waals surface area contributed by atoms with Crippen molar-refractivity contribution in [3.05, 3.63) is 29.8 Å². The molecule has 24 heavy (non-hydrogen) atoms. The highest BCUT2D eigenvalue weighted by Gasteiger charge is 2.22. The van der Waals surface area contributed by atoms with Crippen molar-refractivity contribution in [3.63, 3.8) is 0 Å². The number of sulfonamides is 1. The van der Waals surface area contributed by atoms with Gasteiger partial charge in [0.15, 0.2) is 6.61 Å². The van der Waals surface area contributed by atoms with Crippen LogP contribution in [-0.2, 0) is 24.4 Å². The van der Waals surface area contributed by atoms with Crippen LogP contribution in [-0.4, -0.2) is 52.1 Å². The standard InChI is InChI=1S/C15H22N2O6S/c1-11(2)9-16-14(18)10-23-15(19)12-6-5-7-13(8-12)24(20,21)17(3)22-4/h5-8,11H,9-10H2,1-4H3,(H,16,18). The SMILES string of the molecule is CON(C)S(=O)(=O)c1cccc(C(=O)OCC(=O)NCC(C)C)c1. The first-order valence-corrected chi connectivity index (χ1v) is 8.69. The first-order valence-electron chi connectivity index (χ1n) is 7.25. The van der Waals surface area contributed by atoms with Crippen molar-refractivity contribution < 1.29 is 27.6 Å². The van der Waals surface area contributed by atoms with Crippen LogP contribution in [0, 0.1) is 5.92 Å². The van der Waals surface area contributed by atoms with Gasteiger partial charge in [0.1, 0.15) is 0 Å². The highest BCUT2D eigenvalue weighted by atomic mass is 32.2. The Balaban J connectivity index is 2.76. The molecule has 0 unspecified atom stereocenters. The van der Waals surface area contributed by atoms with E-state index >= 15 is 0 Å². The van der Waals surface area contributed by atoms with Gasteiger partial charge in [0.2, 0.25) is 0 Å². The number of hydroxylamine groups is 1. The molecule has 1 N–H and O–H groups in total. The van der Waals surface area contributed by atoms with Crippen LogP contribution in [0.5, 0.6) is 0 Å². The number of hydrogen-bond donors (Lipinski definition) is 1. The molecule has 1 aromatic carbocycles. The smallest absolute Gasteiger partial charge is 0.338 e. The second-order valence-corrected chi connectivity index (χ2v) is 7.33. The number of rotatable bonds is 8. The van der Waals surface area contributed by atoms with E-state index in [4.69, 9.17) is 4.74 Å². The summed E-state index contributed by atoms with van der Waals surface area (Å²) in [6.07, 6.45) is 0. The lowest BCUT2D eigenvalue weighted by molar-refractivity contribution is -0.124. The molecule has 1 rings (SSSR count). The molecule has 0 aliphatic carbocycles. The van der Waals surface area contributed by atoms with Gasteiger partial charge in [-0.3, -0.25) is 9.63 Å². The van der Waals surface area contributed by atoms with Crippen molar-refractivity contribution in [2.75, 3.05) is 27.3 Å². The Bertz CT molecular complexity index is 687. The van der Waals surface area contributed by atoms with Crippen molar-refractivity contribution in [2.24, 2.45) is 5.92 Å². The van der Waals surface area contributed by atoms with Crippen LogP contribution in [0.4, 0.5) is 0 Å². The van der Waals surface area contributed by atoms with E-state index in [-0.39, 0.29) is 16.4 Å². The van der Waals surface area contributed by atoms with Crippen LogP contribution in [0.15, 0.2) is 29.2 Å². The quantitative estimate of drug-likeness (QED) is 0.545. The fraction of sp³-hybridized carbons (Fsp3) is 0.467. The van der Waals surface area contributed by atoms with Crippen molar-refractivity contribution in [1.82, 2.24) is 9.79 Å². The van der Waals surface area contributed by atoms with E-state index in [9.17, 15) is 18.0 Å². The van der Waals surface area contributed by atoms with Crippen LogP contribution in [0.1, 0.15) is 24.2 Å². The predicted molar refractivity (Wildman–Crippen MR) is 86.5 cm³/mol. The first-order chi connectivity index (χ1) is 11.2. The van der Waals surface area contributed by atoms with E-state index < -0.39 is 28.5 Å². The van der Waals surface area contributed by atoms with Gasteiger partial charge >= 0.3 is 5.97 Å². The van der Waals surface area contributed by atoms with E-state index in [0.717, 1.165) is 0 Å². The number of hydrogen-bond acceptors (Lipinski definition) is 6. The average Bonchev–Trinajstić information content (AvgIpc) is 2.56. The molecule has 0 radical (unpaired) electrons. The summed E-state index contributed by atoms with van der Waals surface area (Å²) in [5.74, 6) is -0.920. The van der Waals surface area contributed by atoms with Crippen LogP contribution in [0.3, 0.4) is 0 Å². The predicted octanol–water partition coefficient (Wildman–Crippen LogP) is 0.797. The zero-order chi connectivity index (χ0) is 18.3. The average molecular weight is 358 g/mol. The highest BCUT2D eigenvalue weighted by molar-refractivity contribution is 7.89. The number of carbonyl (C=O) groups excluding carboxylic acids is 2. The summed E-state index contributed by atoms with van der Waals surface area (Å²) in [6, 6.07) is 5.31. The lowest BCUT2D eigenvalue weighted by atomic mass is 10.2. The Morgan fingerprint density at radius 1 is 1.29 bits per heavy atom. The van der Waals surface area contributed by atoms with E-state index in [1.807, 2.05) is 13.8 Å².